The van der Waals surface area contributed by atoms with Crippen molar-refractivity contribution < 1.29 is 14.3 Å². The van der Waals surface area contributed by atoms with Gasteiger partial charge in [-0.1, -0.05) is 0 Å². The minimum atomic E-state index is -0.0963. The van der Waals surface area contributed by atoms with E-state index in [0.29, 0.717) is 29.0 Å². The number of urea groups is 1. The van der Waals surface area contributed by atoms with Gasteiger partial charge in [-0.3, -0.25) is 5.10 Å². The summed E-state index contributed by atoms with van der Waals surface area (Å²) in [5, 5.41) is 10.3. The lowest BCUT2D eigenvalue weighted by molar-refractivity contribution is 0.220. The molecule has 1 aromatic carbocycles. The minimum absolute atomic E-state index is 0.0963. The molecule has 2 N–H and O–H groups in total. The second kappa shape index (κ2) is 7.46. The zero-order valence-electron chi connectivity index (χ0n) is 15.7. The largest absolute Gasteiger partial charge is 0.493 e. The second-order valence-corrected chi connectivity index (χ2v) is 7.22. The van der Waals surface area contributed by atoms with Gasteiger partial charge in [0.25, 0.3) is 0 Å². The van der Waals surface area contributed by atoms with Gasteiger partial charge in [0.05, 0.1) is 14.2 Å². The quantitative estimate of drug-likeness (QED) is 0.815. The van der Waals surface area contributed by atoms with E-state index in [4.69, 9.17) is 9.47 Å². The number of aromatic amines is 1. The fraction of sp³-hybridized carbons (Fsp3) is 0.526. The third-order valence-electron chi connectivity index (χ3n) is 5.18. The molecule has 144 valence electrons. The van der Waals surface area contributed by atoms with Crippen LogP contribution in [0.4, 0.5) is 10.5 Å². The van der Waals surface area contributed by atoms with E-state index < -0.39 is 0 Å². The van der Waals surface area contributed by atoms with Crippen LogP contribution in [0.1, 0.15) is 36.8 Å². The van der Waals surface area contributed by atoms with E-state index in [-0.39, 0.29) is 6.03 Å². The Morgan fingerprint density at radius 1 is 1.26 bits per heavy atom. The summed E-state index contributed by atoms with van der Waals surface area (Å²) in [6.45, 7) is 1.46. The Bertz CT molecular complexity index is 817. The molecule has 0 spiro atoms. The number of aromatic nitrogens is 3. The number of carbonyl (C=O) groups is 1. The highest BCUT2D eigenvalue weighted by Gasteiger charge is 2.30. The lowest BCUT2D eigenvalue weighted by Crippen LogP contribution is -2.33. The van der Waals surface area contributed by atoms with Gasteiger partial charge in [0.15, 0.2) is 17.3 Å². The molecule has 2 aliphatic rings. The van der Waals surface area contributed by atoms with E-state index in [1.165, 1.54) is 12.8 Å². The van der Waals surface area contributed by atoms with Crippen LogP contribution in [0.3, 0.4) is 0 Å². The Morgan fingerprint density at radius 3 is 2.81 bits per heavy atom. The van der Waals surface area contributed by atoms with Crippen molar-refractivity contribution in [3.63, 3.8) is 0 Å². The number of H-pyrrole nitrogens is 1. The van der Waals surface area contributed by atoms with Crippen molar-refractivity contribution >= 4 is 11.7 Å². The number of benzene rings is 1. The molecule has 1 unspecified atom stereocenters. The van der Waals surface area contributed by atoms with Crippen LogP contribution < -0.4 is 14.8 Å². The van der Waals surface area contributed by atoms with Crippen LogP contribution in [0.25, 0.3) is 0 Å². The summed E-state index contributed by atoms with van der Waals surface area (Å²) in [5.41, 5.74) is 0.686. The number of hydrogen-bond acceptors (Lipinski definition) is 5. The fourth-order valence-corrected chi connectivity index (χ4v) is 3.50. The van der Waals surface area contributed by atoms with Gasteiger partial charge in [-0.2, -0.15) is 5.10 Å². The summed E-state index contributed by atoms with van der Waals surface area (Å²) in [4.78, 5) is 19.0. The van der Waals surface area contributed by atoms with Crippen LogP contribution in [-0.2, 0) is 6.42 Å². The molecule has 8 heteroatoms. The number of nitrogens with one attached hydrogen (secondary N) is 2. The maximum Gasteiger partial charge on any atom is 0.321 e. The number of amides is 2. The molecule has 2 amide bonds. The van der Waals surface area contributed by atoms with E-state index >= 15 is 0 Å². The van der Waals surface area contributed by atoms with Crippen LogP contribution in [-0.4, -0.2) is 53.4 Å². The van der Waals surface area contributed by atoms with Gasteiger partial charge in [0.2, 0.25) is 0 Å². The summed E-state index contributed by atoms with van der Waals surface area (Å²) in [6.07, 6.45) is 4.20. The van der Waals surface area contributed by atoms with E-state index in [9.17, 15) is 4.79 Å². The Labute approximate surface area is 158 Å². The zero-order valence-corrected chi connectivity index (χ0v) is 15.7. The van der Waals surface area contributed by atoms with E-state index in [1.807, 2.05) is 4.90 Å². The van der Waals surface area contributed by atoms with Crippen molar-refractivity contribution in [2.45, 2.75) is 31.6 Å². The van der Waals surface area contributed by atoms with Gasteiger partial charge in [0.1, 0.15) is 5.82 Å². The number of likely N-dealkylation sites (tertiary alicyclic amines) is 1. The molecule has 0 bridgehead atoms. The Balaban J connectivity index is 1.32. The fourth-order valence-electron chi connectivity index (χ4n) is 3.50. The average molecular weight is 371 g/mol. The van der Waals surface area contributed by atoms with E-state index in [1.54, 1.807) is 32.4 Å². The molecule has 1 saturated heterocycles. The molecule has 2 heterocycles. The Morgan fingerprint density at radius 2 is 2.07 bits per heavy atom. The summed E-state index contributed by atoms with van der Waals surface area (Å²) in [7, 11) is 3.16. The van der Waals surface area contributed by atoms with Gasteiger partial charge in [0, 0.05) is 37.2 Å². The van der Waals surface area contributed by atoms with Crippen LogP contribution in [0.5, 0.6) is 11.5 Å². The first-order valence-electron chi connectivity index (χ1n) is 9.35. The first kappa shape index (κ1) is 17.6. The third kappa shape index (κ3) is 3.99. The molecule has 1 atom stereocenters. The SMILES string of the molecule is COc1ccc(NC(=O)N2CCC(Cc3nc(C4CC4)n[nH]3)C2)cc1OC. The van der Waals surface area contributed by atoms with Crippen LogP contribution in [0.15, 0.2) is 18.2 Å². The minimum Gasteiger partial charge on any atom is -0.493 e. The van der Waals surface area contributed by atoms with Crippen LogP contribution >= 0.6 is 0 Å². The highest BCUT2D eigenvalue weighted by atomic mass is 16.5. The molecule has 1 aliphatic heterocycles. The van der Waals surface area contributed by atoms with E-state index in [0.717, 1.165) is 37.6 Å². The molecule has 1 aliphatic carbocycles. The molecule has 1 saturated carbocycles. The molecule has 2 aromatic rings. The molecule has 4 rings (SSSR count). The maximum atomic E-state index is 12.6. The normalized spacial score (nSPS) is 19.2. The first-order chi connectivity index (χ1) is 13.2. The molecule has 8 nitrogen and oxygen atoms in total. The van der Waals surface area contributed by atoms with Gasteiger partial charge in [-0.15, -0.1) is 0 Å². The number of nitrogens with zero attached hydrogens (tertiary/aromatic N) is 3. The summed E-state index contributed by atoms with van der Waals surface area (Å²) in [6, 6.07) is 5.25. The lowest BCUT2D eigenvalue weighted by atomic mass is 10.1. The second-order valence-electron chi connectivity index (χ2n) is 7.22. The van der Waals surface area contributed by atoms with Crippen LogP contribution in [0.2, 0.25) is 0 Å². The number of ether oxygens (including phenoxy) is 2. The molecule has 27 heavy (non-hydrogen) atoms. The average Bonchev–Trinajstić information content (AvgIpc) is 3.25. The molecule has 0 radical (unpaired) electrons. The number of hydrogen-bond donors (Lipinski definition) is 2. The van der Waals surface area contributed by atoms with Crippen molar-refractivity contribution in [3.8, 4) is 11.5 Å². The standard InChI is InChI=1S/C19H25N5O3/c1-26-15-6-5-14(10-16(15)27-2)20-19(25)24-8-7-12(11-24)9-17-21-18(23-22-17)13-3-4-13/h5-6,10,12-13H,3-4,7-9,11H2,1-2H3,(H,20,25)(H,21,22,23). The highest BCUT2D eigenvalue weighted by Crippen LogP contribution is 2.38. The van der Waals surface area contributed by atoms with Crippen molar-refractivity contribution in [2.75, 3.05) is 32.6 Å². The molecule has 2 fully saturated rings. The number of carbonyl (C=O) groups excluding carboxylic acids is 1. The summed E-state index contributed by atoms with van der Waals surface area (Å²) in [5.74, 6) is 4.07. The monoisotopic (exact) mass is 371 g/mol. The van der Waals surface area contributed by atoms with Crippen molar-refractivity contribution in [3.05, 3.63) is 29.8 Å². The highest BCUT2D eigenvalue weighted by molar-refractivity contribution is 5.89. The maximum absolute atomic E-state index is 12.6. The number of rotatable bonds is 6. The summed E-state index contributed by atoms with van der Waals surface area (Å²) >= 11 is 0. The predicted molar refractivity (Wildman–Crippen MR) is 100 cm³/mol. The molecular formula is C19H25N5O3. The van der Waals surface area contributed by atoms with Gasteiger partial charge in [-0.05, 0) is 37.3 Å². The zero-order chi connectivity index (χ0) is 18.8. The number of anilines is 1. The first-order valence-corrected chi connectivity index (χ1v) is 9.35. The van der Waals surface area contributed by atoms with Crippen molar-refractivity contribution in [1.82, 2.24) is 20.1 Å². The number of methoxy groups -OCH3 is 2. The van der Waals surface area contributed by atoms with Gasteiger partial charge in [-0.25, -0.2) is 9.78 Å². The molecule has 1 aromatic heterocycles. The van der Waals surface area contributed by atoms with Gasteiger partial charge < -0.3 is 19.7 Å². The Kier molecular flexibility index (Phi) is 4.87. The van der Waals surface area contributed by atoms with Crippen molar-refractivity contribution in [1.29, 1.82) is 0 Å². The topological polar surface area (TPSA) is 92.4 Å². The van der Waals surface area contributed by atoms with Gasteiger partial charge >= 0.3 is 6.03 Å². The third-order valence-corrected chi connectivity index (χ3v) is 5.18. The molecular weight excluding hydrogens is 346 g/mol. The summed E-state index contributed by atoms with van der Waals surface area (Å²) < 4.78 is 10.5. The van der Waals surface area contributed by atoms with Crippen molar-refractivity contribution in [2.24, 2.45) is 5.92 Å². The lowest BCUT2D eigenvalue weighted by Gasteiger charge is -2.18. The van der Waals surface area contributed by atoms with Crippen LogP contribution in [0, 0.1) is 5.92 Å². The Hall–Kier alpha value is -2.77. The van der Waals surface area contributed by atoms with E-state index in [2.05, 4.69) is 20.5 Å². The predicted octanol–water partition coefficient (Wildman–Crippen LogP) is 2.80. The smallest absolute Gasteiger partial charge is 0.321 e.